The molecule has 0 amide bonds. The number of hydrogen-bond acceptors (Lipinski definition) is 2. The van der Waals surface area contributed by atoms with Crippen LogP contribution in [0.3, 0.4) is 0 Å². The topological polar surface area (TPSA) is 40.6 Å². The van der Waals surface area contributed by atoms with E-state index in [1.54, 1.807) is 6.20 Å². The van der Waals surface area contributed by atoms with Crippen molar-refractivity contribution in [2.24, 2.45) is 7.05 Å². The summed E-state index contributed by atoms with van der Waals surface area (Å²) in [5.74, 6) is 1.60. The molecule has 0 aliphatic rings. The molecule has 4 heterocycles. The second-order valence-electron chi connectivity index (χ2n) is 12.8. The van der Waals surface area contributed by atoms with E-state index in [0.717, 1.165) is 66.8 Å². The maximum atomic E-state index is 16.8. The van der Waals surface area contributed by atoms with Gasteiger partial charge in [0.05, 0.1) is 33.1 Å². The highest BCUT2D eigenvalue weighted by Crippen LogP contribution is 2.43. The normalized spacial score (nSPS) is 12.5. The molecule has 0 bridgehead atoms. The minimum atomic E-state index is -1.34. The molecule has 0 fully saturated rings. The zero-order valence-corrected chi connectivity index (χ0v) is 27.2. The molecular formula is C44H30FN5. The summed E-state index contributed by atoms with van der Waals surface area (Å²) < 4.78 is 23.3. The fraction of sp³-hybridized carbons (Fsp3) is 0.0455. The highest BCUT2D eigenvalue weighted by atomic mass is 19.1. The molecule has 10 aromatic rings. The van der Waals surface area contributed by atoms with E-state index in [2.05, 4.69) is 86.5 Å². The molecule has 0 radical (unpaired) electrons. The van der Waals surface area contributed by atoms with Crippen molar-refractivity contribution in [3.63, 3.8) is 0 Å². The minimum Gasteiger partial charge on any atom is -0.327 e. The Morgan fingerprint density at radius 3 is 2.04 bits per heavy atom. The minimum absolute atomic E-state index is 0.586. The molecule has 6 heteroatoms. The molecule has 10 rings (SSSR count). The van der Waals surface area contributed by atoms with Gasteiger partial charge in [0.15, 0.2) is 6.17 Å². The molecular weight excluding hydrogens is 618 g/mol. The van der Waals surface area contributed by atoms with Gasteiger partial charge in [0.25, 0.3) is 0 Å². The van der Waals surface area contributed by atoms with Crippen LogP contribution in [0.5, 0.6) is 0 Å². The Morgan fingerprint density at radius 2 is 1.24 bits per heavy atom. The van der Waals surface area contributed by atoms with Crippen LogP contribution >= 0.6 is 0 Å². The van der Waals surface area contributed by atoms with Crippen LogP contribution in [-0.2, 0) is 7.05 Å². The quantitative estimate of drug-likeness (QED) is 0.187. The maximum absolute atomic E-state index is 16.8. The molecule has 0 saturated heterocycles. The molecule has 50 heavy (non-hydrogen) atoms. The van der Waals surface area contributed by atoms with E-state index < -0.39 is 6.17 Å². The average molecular weight is 648 g/mol. The highest BCUT2D eigenvalue weighted by molar-refractivity contribution is 6.28. The fourth-order valence-corrected chi connectivity index (χ4v) is 7.76. The van der Waals surface area contributed by atoms with Gasteiger partial charge in [0.1, 0.15) is 11.6 Å². The number of nitrogens with zero attached hydrogens (tertiary/aromatic N) is 5. The highest BCUT2D eigenvalue weighted by Gasteiger charge is 2.23. The van der Waals surface area contributed by atoms with Crippen LogP contribution in [0.25, 0.3) is 77.5 Å². The second-order valence-corrected chi connectivity index (χ2v) is 12.8. The van der Waals surface area contributed by atoms with Gasteiger partial charge in [0, 0.05) is 46.0 Å². The van der Waals surface area contributed by atoms with Crippen LogP contribution in [-0.4, -0.2) is 23.7 Å². The number of rotatable bonds is 5. The summed E-state index contributed by atoms with van der Waals surface area (Å²) in [6.45, 7) is 0. The first-order valence-electron chi connectivity index (χ1n) is 16.8. The number of aryl methyl sites for hydroxylation is 1. The molecule has 4 aromatic heterocycles. The third kappa shape index (κ3) is 4.18. The predicted molar refractivity (Wildman–Crippen MR) is 202 cm³/mol. The Morgan fingerprint density at radius 1 is 0.540 bits per heavy atom. The number of alkyl halides is 1. The second kappa shape index (κ2) is 11.0. The van der Waals surface area contributed by atoms with E-state index >= 15 is 4.39 Å². The van der Waals surface area contributed by atoms with E-state index in [9.17, 15) is 0 Å². The van der Waals surface area contributed by atoms with Crippen LogP contribution in [0.1, 0.15) is 17.3 Å². The Kier molecular flexibility index (Phi) is 6.27. The van der Waals surface area contributed by atoms with Crippen molar-refractivity contribution in [2.75, 3.05) is 0 Å². The zero-order chi connectivity index (χ0) is 33.3. The van der Waals surface area contributed by atoms with Gasteiger partial charge >= 0.3 is 0 Å². The number of pyridine rings is 1. The largest absolute Gasteiger partial charge is 0.327 e. The number of hydrogen-bond donors (Lipinski definition) is 0. The van der Waals surface area contributed by atoms with Crippen LogP contribution in [0.15, 0.2) is 158 Å². The van der Waals surface area contributed by atoms with E-state index in [0.29, 0.717) is 11.1 Å². The van der Waals surface area contributed by atoms with Gasteiger partial charge in [-0.2, -0.15) is 0 Å². The van der Waals surface area contributed by atoms with E-state index in [1.807, 2.05) is 85.9 Å². The van der Waals surface area contributed by atoms with Crippen molar-refractivity contribution < 1.29 is 4.39 Å². The molecule has 0 aliphatic heterocycles. The standard InChI is InChI=1S/C44H30FN5/c1-48-36-19-8-6-17-34(36)47-44(48)30-13-11-12-28(26-30)43(45)29-21-22-33-39(27-29)50(40-20-9-10-25-46-40)38-24-23-37-41(42(33)38)32-16-5-7-18-35(32)49(37)31-14-3-2-4-15-31/h2-27,43H,1H3. The number of benzene rings is 6. The van der Waals surface area contributed by atoms with Crippen LogP contribution in [0.2, 0.25) is 0 Å². The number of para-hydroxylation sites is 4. The first kappa shape index (κ1) is 28.5. The van der Waals surface area contributed by atoms with E-state index in [4.69, 9.17) is 9.97 Å². The van der Waals surface area contributed by atoms with Crippen LogP contribution < -0.4 is 0 Å². The van der Waals surface area contributed by atoms with Gasteiger partial charge in [-0.15, -0.1) is 0 Å². The monoisotopic (exact) mass is 647 g/mol. The zero-order valence-electron chi connectivity index (χ0n) is 27.2. The lowest BCUT2D eigenvalue weighted by atomic mass is 9.98. The lowest BCUT2D eigenvalue weighted by Gasteiger charge is -2.12. The summed E-state index contributed by atoms with van der Waals surface area (Å²) in [6, 6.07) is 51.1. The van der Waals surface area contributed by atoms with E-state index in [-0.39, 0.29) is 0 Å². The number of halogens is 1. The maximum Gasteiger partial charge on any atom is 0.150 e. The molecule has 1 unspecified atom stereocenters. The fourth-order valence-electron chi connectivity index (χ4n) is 7.76. The summed E-state index contributed by atoms with van der Waals surface area (Å²) in [6.07, 6.45) is 0.463. The van der Waals surface area contributed by atoms with Gasteiger partial charge in [-0.05, 0) is 77.9 Å². The molecule has 0 spiro atoms. The number of fused-ring (bicyclic) bond motifs is 8. The molecule has 1 atom stereocenters. The smallest absolute Gasteiger partial charge is 0.150 e. The van der Waals surface area contributed by atoms with Crippen molar-refractivity contribution in [1.82, 2.24) is 23.7 Å². The SMILES string of the molecule is Cn1c(-c2cccc(C(F)c3ccc4c5c6c7ccccc7n(-c7ccccc7)c6ccc5n(-c5ccccn5)c4c3)c2)nc2ccccc21. The summed E-state index contributed by atoms with van der Waals surface area (Å²) >= 11 is 0. The predicted octanol–water partition coefficient (Wildman–Crippen LogP) is 10.9. The average Bonchev–Trinajstić information content (AvgIpc) is 3.82. The molecule has 0 N–H and O–H groups in total. The van der Waals surface area contributed by atoms with Gasteiger partial charge in [-0.25, -0.2) is 14.4 Å². The Labute approximate surface area is 287 Å². The summed E-state index contributed by atoms with van der Waals surface area (Å²) in [4.78, 5) is 9.64. The molecule has 238 valence electrons. The van der Waals surface area contributed by atoms with Gasteiger partial charge in [-0.1, -0.05) is 84.9 Å². The van der Waals surface area contributed by atoms with E-state index in [1.165, 1.54) is 10.8 Å². The van der Waals surface area contributed by atoms with Gasteiger partial charge in [-0.3, -0.25) is 4.57 Å². The first-order valence-corrected chi connectivity index (χ1v) is 16.8. The lowest BCUT2D eigenvalue weighted by molar-refractivity contribution is 0.402. The first-order chi connectivity index (χ1) is 24.7. The van der Waals surface area contributed by atoms with Gasteiger partial charge < -0.3 is 9.13 Å². The number of imidazole rings is 1. The molecule has 6 aromatic carbocycles. The van der Waals surface area contributed by atoms with Crippen molar-refractivity contribution >= 4 is 54.6 Å². The lowest BCUT2D eigenvalue weighted by Crippen LogP contribution is -1.99. The van der Waals surface area contributed by atoms with Gasteiger partial charge in [0.2, 0.25) is 0 Å². The third-order valence-electron chi connectivity index (χ3n) is 10.00. The van der Waals surface area contributed by atoms with Crippen molar-refractivity contribution in [2.45, 2.75) is 6.17 Å². The Hall–Kier alpha value is -6.53. The van der Waals surface area contributed by atoms with Crippen LogP contribution in [0.4, 0.5) is 4.39 Å². The summed E-state index contributed by atoms with van der Waals surface area (Å²) in [5.41, 5.74) is 9.31. The summed E-state index contributed by atoms with van der Waals surface area (Å²) in [5, 5.41) is 4.51. The Balaban J connectivity index is 1.20. The molecule has 0 aliphatic carbocycles. The summed E-state index contributed by atoms with van der Waals surface area (Å²) in [7, 11) is 2.00. The molecule has 0 saturated carbocycles. The van der Waals surface area contributed by atoms with Crippen molar-refractivity contribution in [3.05, 3.63) is 169 Å². The van der Waals surface area contributed by atoms with Crippen LogP contribution in [0, 0.1) is 0 Å². The number of aromatic nitrogens is 5. The van der Waals surface area contributed by atoms with Crippen molar-refractivity contribution in [1.29, 1.82) is 0 Å². The Bertz CT molecular complexity index is 2900. The van der Waals surface area contributed by atoms with Crippen molar-refractivity contribution in [3.8, 4) is 22.9 Å². The third-order valence-corrected chi connectivity index (χ3v) is 10.00. The molecule has 5 nitrogen and oxygen atoms in total.